The molecule has 22 heavy (non-hydrogen) atoms. The smallest absolute Gasteiger partial charge is 0.230 e. The molecule has 0 saturated heterocycles. The van der Waals surface area contributed by atoms with Crippen molar-refractivity contribution in [3.8, 4) is 5.69 Å². The molecular weight excluding hydrogens is 300 g/mol. The number of aromatic nitrogens is 3. The Bertz CT molecular complexity index is 625. The molecule has 0 aliphatic carbocycles. The second-order valence-electron chi connectivity index (χ2n) is 4.83. The van der Waals surface area contributed by atoms with Crippen molar-refractivity contribution in [1.82, 2.24) is 20.1 Å². The lowest BCUT2D eigenvalue weighted by Crippen LogP contribution is -2.28. The lowest BCUT2D eigenvalue weighted by Gasteiger charge is -2.09. The maximum Gasteiger partial charge on any atom is 0.230 e. The maximum absolute atomic E-state index is 11.7. The number of carbonyl (C=O) groups excluding carboxylic acids is 1. The van der Waals surface area contributed by atoms with E-state index in [4.69, 9.17) is 4.74 Å². The summed E-state index contributed by atoms with van der Waals surface area (Å²) < 4.78 is 6.85. The highest BCUT2D eigenvalue weighted by Crippen LogP contribution is 2.21. The summed E-state index contributed by atoms with van der Waals surface area (Å²) in [5.41, 5.74) is 2.19. The predicted octanol–water partition coefficient (Wildman–Crippen LogP) is 1.74. The Morgan fingerprint density at radius 3 is 2.68 bits per heavy atom. The first-order chi connectivity index (χ1) is 10.6. The molecule has 7 heteroatoms. The van der Waals surface area contributed by atoms with Crippen LogP contribution in [0.1, 0.15) is 11.4 Å². The number of amides is 1. The molecule has 0 aliphatic rings. The van der Waals surface area contributed by atoms with Crippen molar-refractivity contribution in [3.05, 3.63) is 35.7 Å². The van der Waals surface area contributed by atoms with Gasteiger partial charge in [0.1, 0.15) is 5.82 Å². The highest BCUT2D eigenvalue weighted by Gasteiger charge is 2.13. The molecule has 1 aromatic heterocycles. The number of thioether (sulfide) groups is 1. The van der Waals surface area contributed by atoms with Crippen molar-refractivity contribution in [3.63, 3.8) is 0 Å². The minimum absolute atomic E-state index is 0.0434. The van der Waals surface area contributed by atoms with E-state index >= 15 is 0 Å². The van der Waals surface area contributed by atoms with Crippen LogP contribution in [-0.2, 0) is 9.53 Å². The van der Waals surface area contributed by atoms with Crippen molar-refractivity contribution in [2.45, 2.75) is 19.0 Å². The third-order valence-electron chi connectivity index (χ3n) is 3.05. The molecular formula is C15H20N4O2S. The number of carbonyl (C=O) groups is 1. The number of benzene rings is 1. The Morgan fingerprint density at radius 1 is 1.27 bits per heavy atom. The minimum atomic E-state index is -0.0434. The van der Waals surface area contributed by atoms with Gasteiger partial charge in [0, 0.05) is 19.3 Å². The van der Waals surface area contributed by atoms with Crippen LogP contribution in [0, 0.1) is 13.8 Å². The molecule has 0 atom stereocenters. The maximum atomic E-state index is 11.7. The van der Waals surface area contributed by atoms with Crippen molar-refractivity contribution < 1.29 is 9.53 Å². The number of aryl methyl sites for hydroxylation is 2. The molecule has 118 valence electrons. The molecule has 0 radical (unpaired) electrons. The summed E-state index contributed by atoms with van der Waals surface area (Å²) in [4.78, 5) is 11.7. The van der Waals surface area contributed by atoms with Gasteiger partial charge >= 0.3 is 0 Å². The molecule has 2 aromatic rings. The molecule has 0 spiro atoms. The van der Waals surface area contributed by atoms with Crippen LogP contribution in [0.25, 0.3) is 5.69 Å². The van der Waals surface area contributed by atoms with Gasteiger partial charge < -0.3 is 10.1 Å². The monoisotopic (exact) mass is 320 g/mol. The van der Waals surface area contributed by atoms with Gasteiger partial charge in [-0.3, -0.25) is 9.36 Å². The predicted molar refractivity (Wildman–Crippen MR) is 86.4 cm³/mol. The van der Waals surface area contributed by atoms with Crippen LogP contribution in [0.3, 0.4) is 0 Å². The molecule has 0 aliphatic heterocycles. The van der Waals surface area contributed by atoms with Crippen LogP contribution < -0.4 is 5.32 Å². The number of ether oxygens (including phenoxy) is 1. The van der Waals surface area contributed by atoms with Crippen LogP contribution in [0.15, 0.2) is 29.4 Å². The second kappa shape index (κ2) is 7.95. The molecule has 1 amide bonds. The van der Waals surface area contributed by atoms with Crippen LogP contribution >= 0.6 is 11.8 Å². The summed E-state index contributed by atoms with van der Waals surface area (Å²) >= 11 is 1.37. The topological polar surface area (TPSA) is 69.0 Å². The highest BCUT2D eigenvalue weighted by molar-refractivity contribution is 7.99. The van der Waals surface area contributed by atoms with Gasteiger partial charge in [0.05, 0.1) is 12.4 Å². The summed E-state index contributed by atoms with van der Waals surface area (Å²) in [6.45, 7) is 4.97. The summed E-state index contributed by atoms with van der Waals surface area (Å²) in [5, 5.41) is 11.8. The average molecular weight is 320 g/mol. The van der Waals surface area contributed by atoms with E-state index in [0.717, 1.165) is 11.5 Å². The third-order valence-corrected chi connectivity index (χ3v) is 3.98. The summed E-state index contributed by atoms with van der Waals surface area (Å²) in [7, 11) is 1.60. The fraction of sp³-hybridized carbons (Fsp3) is 0.400. The average Bonchev–Trinajstić information content (AvgIpc) is 2.87. The largest absolute Gasteiger partial charge is 0.383 e. The molecule has 2 rings (SSSR count). The van der Waals surface area contributed by atoms with Crippen molar-refractivity contribution >= 4 is 17.7 Å². The molecule has 0 fully saturated rings. The molecule has 6 nitrogen and oxygen atoms in total. The summed E-state index contributed by atoms with van der Waals surface area (Å²) in [5.74, 6) is 1.05. The van der Waals surface area contributed by atoms with E-state index in [1.54, 1.807) is 7.11 Å². The van der Waals surface area contributed by atoms with Gasteiger partial charge in [-0.25, -0.2) is 0 Å². The third kappa shape index (κ3) is 4.32. The zero-order valence-electron chi connectivity index (χ0n) is 13.0. The Kier molecular flexibility index (Phi) is 5.97. The normalized spacial score (nSPS) is 10.7. The first-order valence-electron chi connectivity index (χ1n) is 6.99. The van der Waals surface area contributed by atoms with Gasteiger partial charge in [0.25, 0.3) is 0 Å². The van der Waals surface area contributed by atoms with Crippen molar-refractivity contribution in [2.24, 2.45) is 0 Å². The number of methoxy groups -OCH3 is 1. The number of rotatable bonds is 7. The minimum Gasteiger partial charge on any atom is -0.383 e. The zero-order chi connectivity index (χ0) is 15.9. The number of nitrogens with zero attached hydrogens (tertiary/aromatic N) is 3. The second-order valence-corrected chi connectivity index (χ2v) is 5.77. The fourth-order valence-corrected chi connectivity index (χ4v) is 2.73. The van der Waals surface area contributed by atoms with E-state index in [0.29, 0.717) is 24.1 Å². The van der Waals surface area contributed by atoms with Gasteiger partial charge in [0.2, 0.25) is 5.91 Å². The first-order valence-corrected chi connectivity index (χ1v) is 7.98. The summed E-state index contributed by atoms with van der Waals surface area (Å²) in [6.07, 6.45) is 0. The number of nitrogens with one attached hydrogen (secondary N) is 1. The van der Waals surface area contributed by atoms with Gasteiger partial charge in [-0.2, -0.15) is 0 Å². The lowest BCUT2D eigenvalue weighted by atomic mass is 10.2. The van der Waals surface area contributed by atoms with Gasteiger partial charge in [0.15, 0.2) is 5.16 Å². The van der Waals surface area contributed by atoms with E-state index in [1.165, 1.54) is 17.3 Å². The fourth-order valence-electron chi connectivity index (χ4n) is 1.90. The Hall–Kier alpha value is -1.86. The number of hydrogen-bond donors (Lipinski definition) is 1. The molecule has 0 unspecified atom stereocenters. The summed E-state index contributed by atoms with van der Waals surface area (Å²) in [6, 6.07) is 8.13. The Labute approximate surface area is 134 Å². The SMILES string of the molecule is COCCNC(=O)CSc1nnc(C)n1-c1ccc(C)cc1. The molecule has 0 saturated carbocycles. The standard InChI is InChI=1S/C15H20N4O2S/c1-11-4-6-13(7-5-11)19-12(2)17-18-15(19)22-10-14(20)16-8-9-21-3/h4-7H,8-10H2,1-3H3,(H,16,20). The Balaban J connectivity index is 2.03. The quantitative estimate of drug-likeness (QED) is 0.621. The lowest BCUT2D eigenvalue weighted by molar-refractivity contribution is -0.118. The van der Waals surface area contributed by atoms with E-state index in [1.807, 2.05) is 42.7 Å². The van der Waals surface area contributed by atoms with E-state index < -0.39 is 0 Å². The van der Waals surface area contributed by atoms with Gasteiger partial charge in [-0.05, 0) is 26.0 Å². The molecule has 1 aromatic carbocycles. The Morgan fingerprint density at radius 2 is 2.00 bits per heavy atom. The first kappa shape index (κ1) is 16.5. The number of hydrogen-bond acceptors (Lipinski definition) is 5. The van der Waals surface area contributed by atoms with Crippen molar-refractivity contribution in [1.29, 1.82) is 0 Å². The van der Waals surface area contributed by atoms with Crippen molar-refractivity contribution in [2.75, 3.05) is 26.0 Å². The van der Waals surface area contributed by atoms with Crippen LogP contribution in [-0.4, -0.2) is 46.7 Å². The molecule has 1 heterocycles. The molecule has 1 N–H and O–H groups in total. The van der Waals surface area contributed by atoms with Crippen LogP contribution in [0.4, 0.5) is 0 Å². The van der Waals surface area contributed by atoms with Crippen LogP contribution in [0.5, 0.6) is 0 Å². The van der Waals surface area contributed by atoms with Crippen LogP contribution in [0.2, 0.25) is 0 Å². The zero-order valence-corrected chi connectivity index (χ0v) is 13.8. The highest BCUT2D eigenvalue weighted by atomic mass is 32.2. The van der Waals surface area contributed by atoms with E-state index in [2.05, 4.69) is 15.5 Å². The van der Waals surface area contributed by atoms with Gasteiger partial charge in [-0.1, -0.05) is 29.5 Å². The molecule has 0 bridgehead atoms. The van der Waals surface area contributed by atoms with Gasteiger partial charge in [-0.15, -0.1) is 10.2 Å². The van der Waals surface area contributed by atoms with E-state index in [9.17, 15) is 4.79 Å². The van der Waals surface area contributed by atoms with E-state index in [-0.39, 0.29) is 5.91 Å².